The zero-order valence-electron chi connectivity index (χ0n) is 17.5. The van der Waals surface area contributed by atoms with Gasteiger partial charge in [-0.2, -0.15) is 5.10 Å². The second-order valence-electron chi connectivity index (χ2n) is 6.98. The number of carbonyl (C=O) groups is 1. The zero-order chi connectivity index (χ0) is 23.1. The lowest BCUT2D eigenvalue weighted by atomic mass is 10.1. The highest BCUT2D eigenvalue weighted by molar-refractivity contribution is 9.10. The van der Waals surface area contributed by atoms with E-state index in [1.54, 1.807) is 6.07 Å². The maximum atomic E-state index is 12.2. The van der Waals surface area contributed by atoms with Crippen LogP contribution in [0.15, 0.2) is 68.6 Å². The van der Waals surface area contributed by atoms with Crippen molar-refractivity contribution in [2.45, 2.75) is 20.5 Å². The number of hydrazone groups is 1. The van der Waals surface area contributed by atoms with E-state index in [1.807, 2.05) is 62.4 Å². The van der Waals surface area contributed by atoms with Gasteiger partial charge in [0.2, 0.25) is 0 Å². The van der Waals surface area contributed by atoms with E-state index in [0.717, 1.165) is 31.2 Å². The maximum Gasteiger partial charge on any atom is 0.277 e. The molecule has 0 atom stereocenters. The van der Waals surface area contributed by atoms with Crippen molar-refractivity contribution in [1.29, 1.82) is 0 Å². The van der Waals surface area contributed by atoms with Crippen molar-refractivity contribution in [3.63, 3.8) is 0 Å². The standard InChI is InChI=1S/C24H21Br2ClN2O3/c1-15-10-21(23(26)16(2)24(15)27)32-14-22(30)29-28-12-18-11-19(25)8-9-20(18)31-13-17-6-4-3-5-7-17/h3-12H,13-14H2,1-2H3,(H,29,30)/b28-12+. The Bertz CT molecular complexity index is 1140. The summed E-state index contributed by atoms with van der Waals surface area (Å²) >= 11 is 13.1. The first kappa shape index (κ1) is 24.3. The second kappa shape index (κ2) is 11.5. The van der Waals surface area contributed by atoms with Crippen LogP contribution in [0.4, 0.5) is 0 Å². The Morgan fingerprint density at radius 2 is 1.81 bits per heavy atom. The van der Waals surface area contributed by atoms with E-state index in [4.69, 9.17) is 21.1 Å². The van der Waals surface area contributed by atoms with E-state index in [1.165, 1.54) is 6.21 Å². The molecule has 1 N–H and O–H groups in total. The maximum absolute atomic E-state index is 12.2. The van der Waals surface area contributed by atoms with Crippen LogP contribution >= 0.6 is 43.5 Å². The molecule has 0 aliphatic carbocycles. The van der Waals surface area contributed by atoms with Crippen LogP contribution in [0.3, 0.4) is 0 Å². The van der Waals surface area contributed by atoms with Crippen LogP contribution in [0.5, 0.6) is 11.5 Å². The molecule has 8 heteroatoms. The molecule has 0 aromatic heterocycles. The first-order valence-electron chi connectivity index (χ1n) is 9.71. The molecule has 0 saturated heterocycles. The molecule has 0 fully saturated rings. The van der Waals surface area contributed by atoms with Gasteiger partial charge in [0, 0.05) is 15.1 Å². The van der Waals surface area contributed by atoms with Crippen molar-refractivity contribution in [1.82, 2.24) is 5.43 Å². The summed E-state index contributed by atoms with van der Waals surface area (Å²) in [6, 6.07) is 17.3. The van der Waals surface area contributed by atoms with Gasteiger partial charge >= 0.3 is 0 Å². The molecule has 0 spiro atoms. The number of nitrogens with one attached hydrogen (secondary N) is 1. The monoisotopic (exact) mass is 578 g/mol. The highest BCUT2D eigenvalue weighted by Crippen LogP contribution is 2.35. The van der Waals surface area contributed by atoms with Crippen molar-refractivity contribution in [3.05, 3.63) is 90.8 Å². The summed E-state index contributed by atoms with van der Waals surface area (Å²) in [6.07, 6.45) is 1.54. The number of hydrogen-bond donors (Lipinski definition) is 1. The van der Waals surface area contributed by atoms with Gasteiger partial charge in [0.1, 0.15) is 18.1 Å². The van der Waals surface area contributed by atoms with Gasteiger partial charge in [-0.05, 0) is 70.7 Å². The molecule has 0 saturated carbocycles. The van der Waals surface area contributed by atoms with Crippen molar-refractivity contribution in [2.24, 2.45) is 5.10 Å². The fraction of sp³-hybridized carbons (Fsp3) is 0.167. The van der Waals surface area contributed by atoms with Crippen molar-refractivity contribution in [2.75, 3.05) is 6.61 Å². The SMILES string of the molecule is Cc1cc(OCC(=O)N/N=C/c2cc(Br)ccc2OCc2ccccc2)c(Br)c(C)c1Cl. The van der Waals surface area contributed by atoms with E-state index < -0.39 is 0 Å². The number of benzene rings is 3. The Labute approximate surface area is 209 Å². The average Bonchev–Trinajstić information content (AvgIpc) is 2.79. The second-order valence-corrected chi connectivity index (χ2v) is 9.07. The smallest absolute Gasteiger partial charge is 0.277 e. The topological polar surface area (TPSA) is 59.9 Å². The first-order valence-corrected chi connectivity index (χ1v) is 11.7. The van der Waals surface area contributed by atoms with Gasteiger partial charge in [-0.25, -0.2) is 5.43 Å². The Balaban J connectivity index is 1.59. The van der Waals surface area contributed by atoms with Crippen molar-refractivity contribution >= 4 is 55.6 Å². The molecule has 1 amide bonds. The van der Waals surface area contributed by atoms with Gasteiger partial charge in [-0.3, -0.25) is 4.79 Å². The van der Waals surface area contributed by atoms with Crippen LogP contribution in [0.2, 0.25) is 5.02 Å². The fourth-order valence-electron chi connectivity index (χ4n) is 2.84. The Hall–Kier alpha value is -2.35. The summed E-state index contributed by atoms with van der Waals surface area (Å²) in [5.74, 6) is 0.814. The first-order chi connectivity index (χ1) is 15.3. The molecule has 0 unspecified atom stereocenters. The Morgan fingerprint density at radius 1 is 1.06 bits per heavy atom. The predicted molar refractivity (Wildman–Crippen MR) is 135 cm³/mol. The molecular weight excluding hydrogens is 560 g/mol. The number of aryl methyl sites for hydroxylation is 1. The van der Waals surface area contributed by atoms with Gasteiger partial charge in [-0.1, -0.05) is 57.9 Å². The molecule has 32 heavy (non-hydrogen) atoms. The Kier molecular flexibility index (Phi) is 8.73. The third kappa shape index (κ3) is 6.58. The molecule has 3 aromatic carbocycles. The summed E-state index contributed by atoms with van der Waals surface area (Å²) in [6.45, 7) is 4.01. The zero-order valence-corrected chi connectivity index (χ0v) is 21.4. The number of halogens is 3. The van der Waals surface area contributed by atoms with Crippen LogP contribution < -0.4 is 14.9 Å². The van der Waals surface area contributed by atoms with Crippen LogP contribution in [0.1, 0.15) is 22.3 Å². The molecule has 5 nitrogen and oxygen atoms in total. The third-order valence-electron chi connectivity index (χ3n) is 4.53. The quantitative estimate of drug-likeness (QED) is 0.242. The van der Waals surface area contributed by atoms with Crippen LogP contribution in [0, 0.1) is 13.8 Å². The van der Waals surface area contributed by atoms with E-state index >= 15 is 0 Å². The number of nitrogens with zero attached hydrogens (tertiary/aromatic N) is 1. The number of hydrogen-bond acceptors (Lipinski definition) is 4. The molecule has 0 bridgehead atoms. The summed E-state index contributed by atoms with van der Waals surface area (Å²) in [5, 5.41) is 4.71. The van der Waals surface area contributed by atoms with Gasteiger partial charge < -0.3 is 9.47 Å². The largest absolute Gasteiger partial charge is 0.488 e. The van der Waals surface area contributed by atoms with Gasteiger partial charge in [0.15, 0.2) is 6.61 Å². The molecule has 0 aliphatic rings. The highest BCUT2D eigenvalue weighted by atomic mass is 79.9. The summed E-state index contributed by atoms with van der Waals surface area (Å²) < 4.78 is 13.1. The molecule has 3 rings (SSSR count). The third-order valence-corrected chi connectivity index (χ3v) is 6.59. The summed E-state index contributed by atoms with van der Waals surface area (Å²) in [5.41, 5.74) is 5.99. The number of carbonyl (C=O) groups excluding carboxylic acids is 1. The summed E-state index contributed by atoms with van der Waals surface area (Å²) in [7, 11) is 0. The highest BCUT2D eigenvalue weighted by Gasteiger charge is 2.12. The van der Waals surface area contributed by atoms with Crippen LogP contribution in [0.25, 0.3) is 0 Å². The minimum Gasteiger partial charge on any atom is -0.488 e. The molecule has 166 valence electrons. The molecule has 0 radical (unpaired) electrons. The van der Waals surface area contributed by atoms with E-state index in [2.05, 4.69) is 42.4 Å². The number of amides is 1. The minimum absolute atomic E-state index is 0.188. The lowest BCUT2D eigenvalue weighted by molar-refractivity contribution is -0.123. The van der Waals surface area contributed by atoms with Crippen LogP contribution in [-0.4, -0.2) is 18.7 Å². The lowest BCUT2D eigenvalue weighted by Crippen LogP contribution is -2.24. The van der Waals surface area contributed by atoms with E-state index in [0.29, 0.717) is 23.1 Å². The molecular formula is C24H21Br2ClN2O3. The normalized spacial score (nSPS) is 10.9. The van der Waals surface area contributed by atoms with Gasteiger partial charge in [-0.15, -0.1) is 0 Å². The van der Waals surface area contributed by atoms with Gasteiger partial charge in [0.25, 0.3) is 5.91 Å². The lowest BCUT2D eigenvalue weighted by Gasteiger charge is -2.12. The Morgan fingerprint density at radius 3 is 2.56 bits per heavy atom. The molecule has 0 aliphatic heterocycles. The summed E-state index contributed by atoms with van der Waals surface area (Å²) in [4.78, 5) is 12.2. The van der Waals surface area contributed by atoms with E-state index in [-0.39, 0.29) is 12.5 Å². The minimum atomic E-state index is -0.389. The van der Waals surface area contributed by atoms with Gasteiger partial charge in [0.05, 0.1) is 10.7 Å². The molecule has 0 heterocycles. The average molecular weight is 581 g/mol. The van der Waals surface area contributed by atoms with Crippen LogP contribution in [-0.2, 0) is 11.4 Å². The number of rotatable bonds is 8. The fourth-order valence-corrected chi connectivity index (χ4v) is 3.91. The van der Waals surface area contributed by atoms with Crippen molar-refractivity contribution in [3.8, 4) is 11.5 Å². The van der Waals surface area contributed by atoms with Crippen molar-refractivity contribution < 1.29 is 14.3 Å². The number of ether oxygens (including phenoxy) is 2. The predicted octanol–water partition coefficient (Wildman–Crippen LogP) is 6.59. The molecule has 3 aromatic rings. The van der Waals surface area contributed by atoms with E-state index in [9.17, 15) is 4.79 Å².